The van der Waals surface area contributed by atoms with E-state index in [1.807, 2.05) is 6.07 Å². The fourth-order valence-electron chi connectivity index (χ4n) is 1.77. The molecule has 0 saturated heterocycles. The van der Waals surface area contributed by atoms with Gasteiger partial charge >= 0.3 is 12.0 Å². The maximum absolute atomic E-state index is 12.2. The third-order valence-electron chi connectivity index (χ3n) is 3.05. The van der Waals surface area contributed by atoms with Crippen molar-refractivity contribution in [2.75, 3.05) is 11.9 Å². The van der Waals surface area contributed by atoms with E-state index in [1.54, 1.807) is 45.0 Å². The lowest BCUT2D eigenvalue weighted by Crippen LogP contribution is -2.52. The Kier molecular flexibility index (Phi) is 4.93. The summed E-state index contributed by atoms with van der Waals surface area (Å²) >= 11 is 0. The van der Waals surface area contributed by atoms with Crippen LogP contribution in [-0.4, -0.2) is 30.2 Å². The topological polar surface area (TPSA) is 93.4 Å². The van der Waals surface area contributed by atoms with Crippen LogP contribution < -0.4 is 10.2 Å². The van der Waals surface area contributed by atoms with Crippen molar-refractivity contribution in [1.82, 2.24) is 5.32 Å². The SMILES string of the molecule is CN(C(=O)N[C@@H](C(=O)O)C(C)(C)C)c1cccc(C#N)c1. The molecule has 0 aromatic heterocycles. The molecule has 0 saturated carbocycles. The summed E-state index contributed by atoms with van der Waals surface area (Å²) in [6, 6.07) is 6.98. The number of urea groups is 1. The van der Waals surface area contributed by atoms with E-state index in [-0.39, 0.29) is 0 Å². The van der Waals surface area contributed by atoms with Crippen LogP contribution in [0.4, 0.5) is 10.5 Å². The highest BCUT2D eigenvalue weighted by Crippen LogP contribution is 2.20. The van der Waals surface area contributed by atoms with Gasteiger partial charge in [-0.1, -0.05) is 26.8 Å². The maximum atomic E-state index is 12.2. The molecule has 0 radical (unpaired) electrons. The van der Waals surface area contributed by atoms with Crippen LogP contribution in [0.25, 0.3) is 0 Å². The number of carbonyl (C=O) groups is 2. The van der Waals surface area contributed by atoms with Crippen LogP contribution in [0, 0.1) is 16.7 Å². The summed E-state index contributed by atoms with van der Waals surface area (Å²) in [7, 11) is 1.52. The number of nitriles is 1. The highest BCUT2D eigenvalue weighted by atomic mass is 16.4. The fraction of sp³-hybridized carbons (Fsp3) is 0.400. The van der Waals surface area contributed by atoms with E-state index >= 15 is 0 Å². The Hall–Kier alpha value is -2.55. The highest BCUT2D eigenvalue weighted by Gasteiger charge is 2.33. The van der Waals surface area contributed by atoms with Crippen molar-refractivity contribution in [3.05, 3.63) is 29.8 Å². The van der Waals surface area contributed by atoms with Crippen LogP contribution in [-0.2, 0) is 4.79 Å². The number of hydrogen-bond acceptors (Lipinski definition) is 3. The lowest BCUT2D eigenvalue weighted by Gasteiger charge is -2.29. The number of nitrogens with zero attached hydrogens (tertiary/aromatic N) is 2. The van der Waals surface area contributed by atoms with Crippen molar-refractivity contribution < 1.29 is 14.7 Å². The average molecular weight is 289 g/mol. The Labute approximate surface area is 124 Å². The molecule has 0 aliphatic heterocycles. The zero-order valence-electron chi connectivity index (χ0n) is 12.5. The monoisotopic (exact) mass is 289 g/mol. The third-order valence-corrected chi connectivity index (χ3v) is 3.05. The molecule has 6 nitrogen and oxygen atoms in total. The first kappa shape index (κ1) is 16.5. The van der Waals surface area contributed by atoms with E-state index in [1.165, 1.54) is 11.9 Å². The molecular weight excluding hydrogens is 270 g/mol. The first-order valence-electron chi connectivity index (χ1n) is 6.44. The van der Waals surface area contributed by atoms with Crippen LogP contribution in [0.5, 0.6) is 0 Å². The molecular formula is C15H19N3O3. The fourth-order valence-corrected chi connectivity index (χ4v) is 1.77. The molecule has 0 fully saturated rings. The average Bonchev–Trinajstić information content (AvgIpc) is 2.42. The Bertz CT molecular complexity index is 585. The van der Waals surface area contributed by atoms with Gasteiger partial charge in [0.2, 0.25) is 0 Å². The van der Waals surface area contributed by atoms with Crippen molar-refractivity contribution in [2.24, 2.45) is 5.41 Å². The van der Waals surface area contributed by atoms with Gasteiger partial charge in [-0.2, -0.15) is 5.26 Å². The first-order valence-corrected chi connectivity index (χ1v) is 6.44. The van der Waals surface area contributed by atoms with Gasteiger partial charge in [-0.05, 0) is 23.6 Å². The molecule has 0 bridgehead atoms. The second kappa shape index (κ2) is 6.27. The molecule has 0 heterocycles. The van der Waals surface area contributed by atoms with E-state index in [9.17, 15) is 14.7 Å². The van der Waals surface area contributed by atoms with Gasteiger partial charge in [-0.15, -0.1) is 0 Å². The van der Waals surface area contributed by atoms with Gasteiger partial charge in [-0.3, -0.25) is 4.90 Å². The number of carbonyl (C=O) groups excluding carboxylic acids is 1. The van der Waals surface area contributed by atoms with E-state index < -0.39 is 23.5 Å². The van der Waals surface area contributed by atoms with E-state index in [4.69, 9.17) is 5.26 Å². The normalized spacial score (nSPS) is 12.1. The Balaban J connectivity index is 2.92. The van der Waals surface area contributed by atoms with Crippen molar-refractivity contribution in [3.63, 3.8) is 0 Å². The zero-order valence-corrected chi connectivity index (χ0v) is 12.5. The molecule has 21 heavy (non-hydrogen) atoms. The second-order valence-electron chi connectivity index (χ2n) is 5.81. The second-order valence-corrected chi connectivity index (χ2v) is 5.81. The van der Waals surface area contributed by atoms with Gasteiger partial charge < -0.3 is 10.4 Å². The Morgan fingerprint density at radius 1 is 1.38 bits per heavy atom. The number of rotatable bonds is 3. The van der Waals surface area contributed by atoms with Gasteiger partial charge in [0.1, 0.15) is 6.04 Å². The first-order chi connectivity index (χ1) is 9.66. The van der Waals surface area contributed by atoms with Crippen LogP contribution in [0.15, 0.2) is 24.3 Å². The van der Waals surface area contributed by atoms with Crippen molar-refractivity contribution in [1.29, 1.82) is 5.26 Å². The number of nitrogens with one attached hydrogen (secondary N) is 1. The molecule has 2 N–H and O–H groups in total. The summed E-state index contributed by atoms with van der Waals surface area (Å²) in [6.07, 6.45) is 0. The standard InChI is InChI=1S/C15H19N3O3/c1-15(2,3)12(13(19)20)17-14(21)18(4)11-7-5-6-10(8-11)9-16/h5-8,12H,1-4H3,(H,17,21)(H,19,20)/t12-/m0/s1. The van der Waals surface area contributed by atoms with Crippen LogP contribution in [0.1, 0.15) is 26.3 Å². The molecule has 1 rings (SSSR count). The van der Waals surface area contributed by atoms with Crippen molar-refractivity contribution in [3.8, 4) is 6.07 Å². The summed E-state index contributed by atoms with van der Waals surface area (Å²) in [5.74, 6) is -1.09. The summed E-state index contributed by atoms with van der Waals surface area (Å²) in [5.41, 5.74) is 0.332. The van der Waals surface area contributed by atoms with Gasteiger partial charge in [0.15, 0.2) is 0 Å². The van der Waals surface area contributed by atoms with Crippen molar-refractivity contribution >= 4 is 17.7 Å². The van der Waals surface area contributed by atoms with Crippen LogP contribution in [0.2, 0.25) is 0 Å². The summed E-state index contributed by atoms with van der Waals surface area (Å²) < 4.78 is 0. The number of aliphatic carboxylic acids is 1. The minimum Gasteiger partial charge on any atom is -0.480 e. The van der Waals surface area contributed by atoms with Gasteiger partial charge in [-0.25, -0.2) is 9.59 Å². The maximum Gasteiger partial charge on any atom is 0.326 e. The van der Waals surface area contributed by atoms with Crippen LogP contribution in [0.3, 0.4) is 0 Å². The zero-order chi connectivity index (χ0) is 16.2. The molecule has 0 spiro atoms. The highest BCUT2D eigenvalue weighted by molar-refractivity contribution is 5.94. The summed E-state index contributed by atoms with van der Waals surface area (Å²) in [4.78, 5) is 24.7. The molecule has 1 atom stereocenters. The molecule has 6 heteroatoms. The van der Waals surface area contributed by atoms with E-state index in [0.717, 1.165) is 0 Å². The van der Waals surface area contributed by atoms with E-state index in [0.29, 0.717) is 11.3 Å². The largest absolute Gasteiger partial charge is 0.480 e. The Morgan fingerprint density at radius 2 is 2.00 bits per heavy atom. The van der Waals surface area contributed by atoms with Crippen molar-refractivity contribution in [2.45, 2.75) is 26.8 Å². The lowest BCUT2D eigenvalue weighted by molar-refractivity contribution is -0.141. The summed E-state index contributed by atoms with van der Waals surface area (Å²) in [5, 5.41) is 20.6. The van der Waals surface area contributed by atoms with Gasteiger partial charge in [0.25, 0.3) is 0 Å². The minimum atomic E-state index is -1.09. The quantitative estimate of drug-likeness (QED) is 0.892. The van der Waals surface area contributed by atoms with Gasteiger partial charge in [0, 0.05) is 12.7 Å². The number of carboxylic acid groups (broad SMARTS) is 1. The molecule has 2 amide bonds. The predicted octanol–water partition coefficient (Wildman–Crippen LogP) is 2.20. The van der Waals surface area contributed by atoms with Gasteiger partial charge in [0.05, 0.1) is 11.6 Å². The number of anilines is 1. The third kappa shape index (κ3) is 4.21. The number of hydrogen-bond donors (Lipinski definition) is 2. The molecule has 1 aromatic rings. The van der Waals surface area contributed by atoms with Crippen LogP contribution >= 0.6 is 0 Å². The molecule has 1 aromatic carbocycles. The minimum absolute atomic E-state index is 0.428. The van der Waals surface area contributed by atoms with E-state index in [2.05, 4.69) is 5.32 Å². The molecule has 0 aliphatic rings. The summed E-state index contributed by atoms with van der Waals surface area (Å²) in [6.45, 7) is 5.22. The predicted molar refractivity (Wildman–Crippen MR) is 79.0 cm³/mol. The molecule has 112 valence electrons. The lowest BCUT2D eigenvalue weighted by atomic mass is 9.87. The Morgan fingerprint density at radius 3 is 2.48 bits per heavy atom. The molecule has 0 unspecified atom stereocenters. The number of amides is 2. The number of benzene rings is 1. The molecule has 0 aliphatic carbocycles. The number of carboxylic acids is 1. The smallest absolute Gasteiger partial charge is 0.326 e.